The summed E-state index contributed by atoms with van der Waals surface area (Å²) >= 11 is 5.42. The minimum Gasteiger partial charge on any atom is -0.366 e. The van der Waals surface area contributed by atoms with Gasteiger partial charge in [-0.05, 0) is 36.8 Å². The van der Waals surface area contributed by atoms with E-state index in [9.17, 15) is 0 Å². The zero-order chi connectivity index (χ0) is 11.1. The van der Waals surface area contributed by atoms with Crippen LogP contribution in [-0.2, 0) is 6.42 Å². The molecule has 3 rings (SSSR count). The van der Waals surface area contributed by atoms with E-state index in [4.69, 9.17) is 12.2 Å². The summed E-state index contributed by atoms with van der Waals surface area (Å²) in [5, 5.41) is 0. The first kappa shape index (κ1) is 10.3. The van der Waals surface area contributed by atoms with Gasteiger partial charge in [0.2, 0.25) is 0 Å². The van der Waals surface area contributed by atoms with E-state index in [-0.39, 0.29) is 0 Å². The van der Waals surface area contributed by atoms with Gasteiger partial charge in [-0.1, -0.05) is 36.5 Å². The molecule has 84 valence electrons. The highest BCUT2D eigenvalue weighted by Gasteiger charge is 2.35. The summed E-state index contributed by atoms with van der Waals surface area (Å²) in [5.74, 6) is 0.710. The van der Waals surface area contributed by atoms with E-state index in [1.54, 1.807) is 11.1 Å². The van der Waals surface area contributed by atoms with Crippen molar-refractivity contribution in [3.05, 3.63) is 35.4 Å². The lowest BCUT2D eigenvalue weighted by Crippen LogP contribution is -2.46. The first-order valence-corrected chi connectivity index (χ1v) is 6.51. The molecule has 0 amide bonds. The third kappa shape index (κ3) is 1.47. The van der Waals surface area contributed by atoms with Gasteiger partial charge in [0.25, 0.3) is 0 Å². The molecule has 1 aliphatic heterocycles. The minimum atomic E-state index is 0.649. The van der Waals surface area contributed by atoms with Crippen molar-refractivity contribution >= 4 is 17.2 Å². The number of piperidine rings is 1. The molecule has 0 saturated carbocycles. The number of likely N-dealkylation sites (tertiary alicyclic amines) is 1. The molecule has 0 unspecified atom stereocenters. The average molecular weight is 231 g/mol. The van der Waals surface area contributed by atoms with E-state index in [0.29, 0.717) is 12.0 Å². The van der Waals surface area contributed by atoms with Gasteiger partial charge < -0.3 is 4.90 Å². The molecule has 1 aliphatic carbocycles. The summed E-state index contributed by atoms with van der Waals surface area (Å²) in [4.78, 5) is 3.50. The maximum absolute atomic E-state index is 5.42. The van der Waals surface area contributed by atoms with Gasteiger partial charge in [-0.25, -0.2) is 0 Å². The molecule has 0 spiro atoms. The predicted octanol–water partition coefficient (Wildman–Crippen LogP) is 3.14. The molecule has 16 heavy (non-hydrogen) atoms. The van der Waals surface area contributed by atoms with Crippen LogP contribution in [0.15, 0.2) is 24.3 Å². The third-order valence-electron chi connectivity index (χ3n) is 4.19. The molecule has 1 nitrogen and oxygen atoms in total. The Morgan fingerprint density at radius 3 is 2.88 bits per heavy atom. The first-order chi connectivity index (χ1) is 7.77. The van der Waals surface area contributed by atoms with Gasteiger partial charge in [-0.3, -0.25) is 0 Å². The van der Waals surface area contributed by atoms with Crippen LogP contribution in [0.25, 0.3) is 0 Å². The van der Waals surface area contributed by atoms with Crippen LogP contribution in [0.2, 0.25) is 0 Å². The number of rotatable bonds is 0. The topological polar surface area (TPSA) is 3.24 Å². The predicted molar refractivity (Wildman–Crippen MR) is 70.9 cm³/mol. The van der Waals surface area contributed by atoms with Crippen molar-refractivity contribution in [1.29, 1.82) is 0 Å². The Morgan fingerprint density at radius 2 is 2.00 bits per heavy atom. The van der Waals surface area contributed by atoms with Crippen molar-refractivity contribution in [3.8, 4) is 0 Å². The van der Waals surface area contributed by atoms with Gasteiger partial charge >= 0.3 is 0 Å². The molecule has 0 radical (unpaired) electrons. The first-order valence-electron chi connectivity index (χ1n) is 6.11. The Morgan fingerprint density at radius 1 is 1.19 bits per heavy atom. The van der Waals surface area contributed by atoms with Crippen molar-refractivity contribution in [2.24, 2.45) is 0 Å². The summed E-state index contributed by atoms with van der Waals surface area (Å²) in [5.41, 5.74) is 3.14. The van der Waals surface area contributed by atoms with Gasteiger partial charge in [0.1, 0.15) is 0 Å². The molecule has 1 heterocycles. The van der Waals surface area contributed by atoms with Crippen LogP contribution in [0.1, 0.15) is 36.3 Å². The molecular weight excluding hydrogens is 214 g/mol. The van der Waals surface area contributed by atoms with E-state index < -0.39 is 0 Å². The molecule has 2 aliphatic rings. The van der Waals surface area contributed by atoms with Gasteiger partial charge in [0.15, 0.2) is 0 Å². The fraction of sp³-hybridized carbons (Fsp3) is 0.500. The van der Waals surface area contributed by atoms with Crippen LogP contribution in [0.4, 0.5) is 0 Å². The highest BCUT2D eigenvalue weighted by atomic mass is 32.1. The number of nitrogens with zero attached hydrogens (tertiary/aromatic N) is 1. The Hall–Kier alpha value is -0.890. The van der Waals surface area contributed by atoms with Gasteiger partial charge in [-0.15, -0.1) is 0 Å². The normalized spacial score (nSPS) is 28.6. The molecule has 0 bridgehead atoms. The summed E-state index contributed by atoms with van der Waals surface area (Å²) in [6, 6.07) is 9.59. The van der Waals surface area contributed by atoms with Crippen LogP contribution < -0.4 is 0 Å². The number of likely N-dealkylation sites (N-methyl/N-ethyl adjacent to an activating group) is 1. The average Bonchev–Trinajstić information content (AvgIpc) is 2.33. The zero-order valence-corrected chi connectivity index (χ0v) is 10.5. The summed E-state index contributed by atoms with van der Waals surface area (Å²) in [6.45, 7) is 0. The summed E-state index contributed by atoms with van der Waals surface area (Å²) in [6.07, 6.45) is 4.80. The molecule has 0 N–H and O–H groups in total. The lowest BCUT2D eigenvalue weighted by molar-refractivity contribution is 0.249. The molecule has 2 atom stereocenters. The Bertz CT molecular complexity index is 426. The molecule has 1 saturated heterocycles. The number of thiocarbonyl (C=S) groups is 1. The van der Waals surface area contributed by atoms with Crippen LogP contribution in [0.5, 0.6) is 0 Å². The molecule has 2 heteroatoms. The molecule has 1 aromatic rings. The van der Waals surface area contributed by atoms with Crippen LogP contribution in [-0.4, -0.2) is 23.0 Å². The molecular formula is C14H17NS. The highest BCUT2D eigenvalue weighted by molar-refractivity contribution is 7.80. The van der Waals surface area contributed by atoms with Crippen molar-refractivity contribution in [1.82, 2.24) is 4.90 Å². The van der Waals surface area contributed by atoms with E-state index in [1.165, 1.54) is 19.3 Å². The largest absolute Gasteiger partial charge is 0.366 e. The molecule has 0 aromatic heterocycles. The number of hydrogen-bond donors (Lipinski definition) is 0. The lowest BCUT2D eigenvalue weighted by atomic mass is 9.74. The maximum Gasteiger partial charge on any atom is 0.0779 e. The van der Waals surface area contributed by atoms with Gasteiger partial charge in [0, 0.05) is 19.0 Å². The zero-order valence-electron chi connectivity index (χ0n) is 9.65. The van der Waals surface area contributed by atoms with E-state index in [2.05, 4.69) is 36.2 Å². The fourth-order valence-electron chi connectivity index (χ4n) is 3.29. The second kappa shape index (κ2) is 3.85. The van der Waals surface area contributed by atoms with E-state index in [0.717, 1.165) is 11.4 Å². The Kier molecular flexibility index (Phi) is 2.47. The smallest absolute Gasteiger partial charge is 0.0779 e. The summed E-state index contributed by atoms with van der Waals surface area (Å²) in [7, 11) is 2.17. The Labute approximate surface area is 102 Å². The number of fused-ring (bicyclic) bond motifs is 3. The standard InChI is InChI=1S/C14H17NS/c1-15-13-8-6-10-4-2-3-5-11(10)12(13)7-9-14(15)16/h2-5,12-13H,6-9H2,1H3/t12-,13-/m1/s1. The fourth-order valence-corrected chi connectivity index (χ4v) is 3.54. The van der Waals surface area contributed by atoms with Crippen LogP contribution in [0, 0.1) is 0 Å². The quantitative estimate of drug-likeness (QED) is 0.631. The van der Waals surface area contributed by atoms with Crippen molar-refractivity contribution < 1.29 is 0 Å². The van der Waals surface area contributed by atoms with Gasteiger partial charge in [-0.2, -0.15) is 0 Å². The van der Waals surface area contributed by atoms with Crippen molar-refractivity contribution in [2.45, 2.75) is 37.6 Å². The number of hydrogen-bond acceptors (Lipinski definition) is 1. The molecule has 1 aromatic carbocycles. The number of benzene rings is 1. The van der Waals surface area contributed by atoms with Crippen LogP contribution in [0.3, 0.4) is 0 Å². The lowest BCUT2D eigenvalue weighted by Gasteiger charge is -2.44. The van der Waals surface area contributed by atoms with Crippen molar-refractivity contribution in [3.63, 3.8) is 0 Å². The second-order valence-electron chi connectivity index (χ2n) is 4.95. The molecule has 1 fully saturated rings. The summed E-state index contributed by atoms with van der Waals surface area (Å²) < 4.78 is 0. The van der Waals surface area contributed by atoms with Crippen LogP contribution >= 0.6 is 12.2 Å². The van der Waals surface area contributed by atoms with E-state index >= 15 is 0 Å². The number of aryl methyl sites for hydroxylation is 1. The Balaban J connectivity index is 1.99. The second-order valence-corrected chi connectivity index (χ2v) is 5.43. The SMILES string of the molecule is CN1C(=S)CC[C@@H]2c3ccccc3CC[C@H]21. The highest BCUT2D eigenvalue weighted by Crippen LogP contribution is 2.40. The van der Waals surface area contributed by atoms with Gasteiger partial charge in [0.05, 0.1) is 4.99 Å². The maximum atomic E-state index is 5.42. The van der Waals surface area contributed by atoms with E-state index in [1.807, 2.05) is 0 Å². The monoisotopic (exact) mass is 231 g/mol. The minimum absolute atomic E-state index is 0.649. The third-order valence-corrected chi connectivity index (χ3v) is 4.68. The van der Waals surface area contributed by atoms with Crippen molar-refractivity contribution in [2.75, 3.05) is 7.05 Å².